The molecule has 0 spiro atoms. The zero-order chi connectivity index (χ0) is 22.0. The lowest BCUT2D eigenvalue weighted by Gasteiger charge is -2.16. The second-order valence-electron chi connectivity index (χ2n) is 6.95. The van der Waals surface area contributed by atoms with Gasteiger partial charge in [0.25, 0.3) is 17.7 Å². The number of carbonyl (C=O) groups is 4. The van der Waals surface area contributed by atoms with Gasteiger partial charge in [0.05, 0.1) is 35.2 Å². The highest BCUT2D eigenvalue weighted by Gasteiger charge is 2.36. The predicted octanol–water partition coefficient (Wildman–Crippen LogP) is 2.90. The van der Waals surface area contributed by atoms with Crippen LogP contribution >= 0.6 is 0 Å². The van der Waals surface area contributed by atoms with Crippen LogP contribution in [0.4, 0.5) is 5.69 Å². The van der Waals surface area contributed by atoms with Gasteiger partial charge in [-0.2, -0.15) is 0 Å². The summed E-state index contributed by atoms with van der Waals surface area (Å²) in [4.78, 5) is 52.3. The number of carbonyl (C=O) groups excluding carboxylic acids is 4. The van der Waals surface area contributed by atoms with E-state index < -0.39 is 30.3 Å². The number of benzene rings is 2. The van der Waals surface area contributed by atoms with E-state index in [0.717, 1.165) is 4.90 Å². The SMILES string of the molecule is CN(Cc1ccco1)C(=O)COC(=O)c1cccc(N2C(=O)c3ccccc3C2=O)c1. The number of hydrogen-bond donors (Lipinski definition) is 0. The third kappa shape index (κ3) is 3.95. The first kappa shape index (κ1) is 20.1. The van der Waals surface area contributed by atoms with Gasteiger partial charge in [-0.25, -0.2) is 9.69 Å². The number of rotatable bonds is 6. The van der Waals surface area contributed by atoms with Gasteiger partial charge in [0.2, 0.25) is 0 Å². The maximum atomic E-state index is 12.6. The van der Waals surface area contributed by atoms with Crippen molar-refractivity contribution in [2.45, 2.75) is 6.54 Å². The molecular formula is C23H18N2O6. The maximum absolute atomic E-state index is 12.6. The first-order valence-electron chi connectivity index (χ1n) is 9.47. The van der Waals surface area contributed by atoms with Gasteiger partial charge in [-0.1, -0.05) is 18.2 Å². The highest BCUT2D eigenvalue weighted by molar-refractivity contribution is 6.34. The lowest BCUT2D eigenvalue weighted by molar-refractivity contribution is -0.133. The molecule has 0 radical (unpaired) electrons. The van der Waals surface area contributed by atoms with Crippen molar-refractivity contribution in [3.63, 3.8) is 0 Å². The van der Waals surface area contributed by atoms with Gasteiger partial charge < -0.3 is 14.1 Å². The molecule has 0 saturated heterocycles. The van der Waals surface area contributed by atoms with Crippen LogP contribution in [0.2, 0.25) is 0 Å². The topological polar surface area (TPSA) is 97.1 Å². The van der Waals surface area contributed by atoms with E-state index in [0.29, 0.717) is 16.9 Å². The van der Waals surface area contributed by atoms with E-state index >= 15 is 0 Å². The van der Waals surface area contributed by atoms with Crippen molar-refractivity contribution >= 4 is 29.4 Å². The molecule has 4 rings (SSSR count). The molecule has 0 aliphatic carbocycles. The zero-order valence-corrected chi connectivity index (χ0v) is 16.6. The number of ether oxygens (including phenoxy) is 1. The molecule has 8 heteroatoms. The van der Waals surface area contributed by atoms with Crippen LogP contribution in [-0.2, 0) is 16.1 Å². The lowest BCUT2D eigenvalue weighted by atomic mass is 10.1. The van der Waals surface area contributed by atoms with Gasteiger partial charge in [-0.15, -0.1) is 0 Å². The van der Waals surface area contributed by atoms with Crippen molar-refractivity contribution in [3.05, 3.63) is 89.4 Å². The minimum atomic E-state index is -0.738. The van der Waals surface area contributed by atoms with E-state index in [9.17, 15) is 19.2 Å². The first-order chi connectivity index (χ1) is 15.0. The fourth-order valence-electron chi connectivity index (χ4n) is 3.24. The molecule has 0 saturated carbocycles. The number of hydrogen-bond acceptors (Lipinski definition) is 6. The van der Waals surface area contributed by atoms with Crippen molar-refractivity contribution in [1.29, 1.82) is 0 Å². The van der Waals surface area contributed by atoms with Crippen LogP contribution < -0.4 is 4.90 Å². The number of furan rings is 1. The molecule has 1 aromatic heterocycles. The van der Waals surface area contributed by atoms with Gasteiger partial charge in [0.1, 0.15) is 5.76 Å². The smallest absolute Gasteiger partial charge is 0.338 e. The summed E-state index contributed by atoms with van der Waals surface area (Å²) in [6, 6.07) is 16.0. The van der Waals surface area contributed by atoms with Crippen molar-refractivity contribution in [2.24, 2.45) is 0 Å². The van der Waals surface area contributed by atoms with Gasteiger partial charge >= 0.3 is 5.97 Å². The Hall–Kier alpha value is -4.20. The molecule has 2 heterocycles. The molecule has 2 aromatic carbocycles. The van der Waals surface area contributed by atoms with Crippen molar-refractivity contribution in [1.82, 2.24) is 4.90 Å². The van der Waals surface area contributed by atoms with E-state index in [2.05, 4.69) is 0 Å². The summed E-state index contributed by atoms with van der Waals surface area (Å²) in [5, 5.41) is 0. The van der Waals surface area contributed by atoms with E-state index in [-0.39, 0.29) is 17.8 Å². The summed E-state index contributed by atoms with van der Waals surface area (Å²) in [6.45, 7) is -0.202. The fourth-order valence-corrected chi connectivity index (χ4v) is 3.24. The molecule has 156 valence electrons. The summed E-state index contributed by atoms with van der Waals surface area (Å²) >= 11 is 0. The monoisotopic (exact) mass is 418 g/mol. The first-order valence-corrected chi connectivity index (χ1v) is 9.47. The predicted molar refractivity (Wildman–Crippen MR) is 109 cm³/mol. The van der Waals surface area contributed by atoms with E-state index in [4.69, 9.17) is 9.15 Å². The Bertz CT molecular complexity index is 1130. The van der Waals surface area contributed by atoms with Gasteiger partial charge in [0.15, 0.2) is 6.61 Å². The standard InChI is InChI=1S/C23H18N2O6/c1-24(13-17-8-5-11-30-17)20(26)14-31-23(29)15-6-4-7-16(12-15)25-21(27)18-9-2-3-10-19(18)22(25)28/h2-12H,13-14H2,1H3. The molecule has 3 aromatic rings. The van der Waals surface area contributed by atoms with Crippen LogP contribution in [0.3, 0.4) is 0 Å². The number of amides is 3. The molecule has 8 nitrogen and oxygen atoms in total. The van der Waals surface area contributed by atoms with Crippen LogP contribution in [0.25, 0.3) is 0 Å². The van der Waals surface area contributed by atoms with Crippen LogP contribution in [0, 0.1) is 0 Å². The number of nitrogens with zero attached hydrogens (tertiary/aromatic N) is 2. The fraction of sp³-hybridized carbons (Fsp3) is 0.130. The Balaban J connectivity index is 1.43. The molecule has 3 amide bonds. The number of imide groups is 1. The Morgan fingerprint density at radius 2 is 1.68 bits per heavy atom. The lowest BCUT2D eigenvalue weighted by Crippen LogP contribution is -2.31. The maximum Gasteiger partial charge on any atom is 0.338 e. The molecule has 0 atom stereocenters. The molecular weight excluding hydrogens is 400 g/mol. The van der Waals surface area contributed by atoms with Crippen molar-refractivity contribution < 1.29 is 28.3 Å². The van der Waals surface area contributed by atoms with Gasteiger partial charge in [0, 0.05) is 7.05 Å². The summed E-state index contributed by atoms with van der Waals surface area (Å²) in [6.07, 6.45) is 1.51. The highest BCUT2D eigenvalue weighted by atomic mass is 16.5. The molecule has 1 aliphatic heterocycles. The normalized spacial score (nSPS) is 12.6. The average Bonchev–Trinajstić information content (AvgIpc) is 3.38. The van der Waals surface area contributed by atoms with Crippen molar-refractivity contribution in [3.8, 4) is 0 Å². The number of esters is 1. The van der Waals surface area contributed by atoms with Crippen LogP contribution in [-0.4, -0.2) is 42.2 Å². The Morgan fingerprint density at radius 3 is 2.32 bits per heavy atom. The summed E-state index contributed by atoms with van der Waals surface area (Å²) in [5.74, 6) is -1.45. The second-order valence-corrected chi connectivity index (χ2v) is 6.95. The van der Waals surface area contributed by atoms with Crippen LogP contribution in [0.5, 0.6) is 0 Å². The van der Waals surface area contributed by atoms with E-state index in [1.807, 2.05) is 0 Å². The third-order valence-corrected chi connectivity index (χ3v) is 4.86. The minimum Gasteiger partial charge on any atom is -0.467 e. The van der Waals surface area contributed by atoms with Gasteiger partial charge in [-0.05, 0) is 42.5 Å². The summed E-state index contributed by atoms with van der Waals surface area (Å²) in [7, 11) is 1.57. The minimum absolute atomic E-state index is 0.121. The molecule has 31 heavy (non-hydrogen) atoms. The summed E-state index contributed by atoms with van der Waals surface area (Å²) < 4.78 is 10.3. The average molecular weight is 418 g/mol. The molecule has 0 N–H and O–H groups in total. The summed E-state index contributed by atoms with van der Waals surface area (Å²) in [5.41, 5.74) is 0.994. The number of anilines is 1. The van der Waals surface area contributed by atoms with Crippen LogP contribution in [0.15, 0.2) is 71.3 Å². The van der Waals surface area contributed by atoms with Crippen LogP contribution in [0.1, 0.15) is 36.8 Å². The quantitative estimate of drug-likeness (QED) is 0.451. The van der Waals surface area contributed by atoms with E-state index in [1.165, 1.54) is 23.3 Å². The number of likely N-dealkylation sites (N-methyl/N-ethyl adjacent to an activating group) is 1. The van der Waals surface area contributed by atoms with Gasteiger partial charge in [-0.3, -0.25) is 14.4 Å². The molecule has 1 aliphatic rings. The number of fused-ring (bicyclic) bond motifs is 1. The Labute approximate surface area is 177 Å². The third-order valence-electron chi connectivity index (χ3n) is 4.86. The largest absolute Gasteiger partial charge is 0.467 e. The zero-order valence-electron chi connectivity index (χ0n) is 16.6. The Morgan fingerprint density at radius 1 is 0.968 bits per heavy atom. The second kappa shape index (κ2) is 8.27. The molecule has 0 unspecified atom stereocenters. The Kier molecular flexibility index (Phi) is 5.36. The molecule has 0 bridgehead atoms. The molecule has 0 fully saturated rings. The van der Waals surface area contributed by atoms with Crippen molar-refractivity contribution in [2.75, 3.05) is 18.6 Å². The van der Waals surface area contributed by atoms with E-state index in [1.54, 1.807) is 55.6 Å². The highest BCUT2D eigenvalue weighted by Crippen LogP contribution is 2.28.